The Balaban J connectivity index is 1.67. The van der Waals surface area contributed by atoms with Crippen LogP contribution < -0.4 is 16.4 Å². The molecule has 0 fully saturated rings. The Morgan fingerprint density at radius 2 is 2.00 bits per heavy atom. The van der Waals surface area contributed by atoms with E-state index in [1.54, 1.807) is 6.07 Å². The molecule has 1 atom stereocenters. The molecule has 0 saturated heterocycles. The summed E-state index contributed by atoms with van der Waals surface area (Å²) in [5, 5.41) is 15.9. The zero-order valence-corrected chi connectivity index (χ0v) is 14.0. The average Bonchev–Trinajstić information content (AvgIpc) is 3.00. The Morgan fingerprint density at radius 3 is 2.74 bits per heavy atom. The van der Waals surface area contributed by atoms with Crippen molar-refractivity contribution in [1.29, 1.82) is 0 Å². The highest BCUT2D eigenvalue weighted by Crippen LogP contribution is 2.16. The Morgan fingerprint density at radius 1 is 1.22 bits per heavy atom. The number of fused-ring (bicyclic) bond motifs is 1. The predicted molar refractivity (Wildman–Crippen MR) is 95.5 cm³/mol. The molecule has 0 radical (unpaired) electrons. The fourth-order valence-corrected chi connectivity index (χ4v) is 2.39. The lowest BCUT2D eigenvalue weighted by atomic mass is 10.1. The number of nitro benzene ring substituents is 1. The Bertz CT molecular complexity index is 1100. The number of carbonyl (C=O) groups is 2. The van der Waals surface area contributed by atoms with E-state index in [4.69, 9.17) is 4.42 Å². The van der Waals surface area contributed by atoms with Gasteiger partial charge in [0.1, 0.15) is 6.04 Å². The number of rotatable bonds is 5. The third kappa shape index (κ3) is 4.00. The van der Waals surface area contributed by atoms with Gasteiger partial charge in [0.05, 0.1) is 10.4 Å². The molecule has 1 unspecified atom stereocenters. The van der Waals surface area contributed by atoms with E-state index in [0.29, 0.717) is 16.8 Å². The van der Waals surface area contributed by atoms with Crippen LogP contribution in [-0.2, 0) is 4.79 Å². The van der Waals surface area contributed by atoms with Crippen LogP contribution in [0.5, 0.6) is 0 Å². The number of aromatic nitrogens is 1. The van der Waals surface area contributed by atoms with Gasteiger partial charge >= 0.3 is 5.76 Å². The first-order valence-electron chi connectivity index (χ1n) is 7.82. The molecule has 3 aromatic rings. The predicted octanol–water partition coefficient (Wildman–Crippen LogP) is 1.79. The van der Waals surface area contributed by atoms with E-state index in [1.165, 1.54) is 37.3 Å². The molecule has 1 heterocycles. The first-order valence-corrected chi connectivity index (χ1v) is 7.82. The molecule has 1 aromatic heterocycles. The van der Waals surface area contributed by atoms with Crippen LogP contribution in [0.2, 0.25) is 0 Å². The van der Waals surface area contributed by atoms with Gasteiger partial charge in [-0.3, -0.25) is 24.7 Å². The van der Waals surface area contributed by atoms with Gasteiger partial charge in [-0.05, 0) is 31.2 Å². The van der Waals surface area contributed by atoms with E-state index in [-0.39, 0.29) is 11.3 Å². The zero-order chi connectivity index (χ0) is 19.6. The molecular weight excluding hydrogens is 356 g/mol. The zero-order valence-electron chi connectivity index (χ0n) is 14.0. The van der Waals surface area contributed by atoms with Crippen LogP contribution in [0.3, 0.4) is 0 Å². The van der Waals surface area contributed by atoms with Crippen molar-refractivity contribution in [3.8, 4) is 0 Å². The number of hydrogen-bond acceptors (Lipinski definition) is 6. The first-order chi connectivity index (χ1) is 12.8. The molecule has 2 amide bonds. The van der Waals surface area contributed by atoms with Crippen molar-refractivity contribution in [2.45, 2.75) is 13.0 Å². The van der Waals surface area contributed by atoms with Crippen LogP contribution >= 0.6 is 0 Å². The second-order valence-corrected chi connectivity index (χ2v) is 5.72. The third-order valence-electron chi connectivity index (χ3n) is 3.75. The first kappa shape index (κ1) is 17.9. The van der Waals surface area contributed by atoms with Crippen LogP contribution in [0.4, 0.5) is 11.4 Å². The van der Waals surface area contributed by atoms with Crippen LogP contribution in [0.15, 0.2) is 51.7 Å². The summed E-state index contributed by atoms with van der Waals surface area (Å²) in [7, 11) is 0. The number of nitrogens with one attached hydrogen (secondary N) is 3. The van der Waals surface area contributed by atoms with Crippen molar-refractivity contribution >= 4 is 34.3 Å². The van der Waals surface area contributed by atoms with Gasteiger partial charge in [0, 0.05) is 23.4 Å². The number of hydrogen-bond donors (Lipinski definition) is 3. The van der Waals surface area contributed by atoms with Crippen LogP contribution in [-0.4, -0.2) is 27.8 Å². The number of oxazole rings is 1. The summed E-state index contributed by atoms with van der Waals surface area (Å²) < 4.78 is 4.87. The molecule has 10 nitrogen and oxygen atoms in total. The van der Waals surface area contributed by atoms with Crippen LogP contribution in [0, 0.1) is 10.1 Å². The fraction of sp³-hybridized carbons (Fsp3) is 0.118. The molecule has 2 aromatic carbocycles. The van der Waals surface area contributed by atoms with Crippen LogP contribution in [0.1, 0.15) is 17.3 Å². The smallest absolute Gasteiger partial charge is 0.408 e. The summed E-state index contributed by atoms with van der Waals surface area (Å²) in [4.78, 5) is 48.3. The summed E-state index contributed by atoms with van der Waals surface area (Å²) in [5.74, 6) is -1.72. The lowest BCUT2D eigenvalue weighted by Crippen LogP contribution is -2.41. The van der Waals surface area contributed by atoms with E-state index in [0.717, 1.165) is 6.07 Å². The fourth-order valence-electron chi connectivity index (χ4n) is 2.39. The van der Waals surface area contributed by atoms with Crippen molar-refractivity contribution in [2.24, 2.45) is 0 Å². The number of amides is 2. The van der Waals surface area contributed by atoms with Crippen LogP contribution in [0.25, 0.3) is 11.1 Å². The van der Waals surface area contributed by atoms with Crippen molar-refractivity contribution in [3.63, 3.8) is 0 Å². The molecule has 10 heteroatoms. The largest absolute Gasteiger partial charge is 0.417 e. The van der Waals surface area contributed by atoms with Crippen molar-refractivity contribution in [3.05, 3.63) is 68.7 Å². The molecule has 3 rings (SSSR count). The quantitative estimate of drug-likeness (QED) is 0.461. The number of aromatic amines is 1. The molecule has 0 spiro atoms. The van der Waals surface area contributed by atoms with E-state index in [1.807, 2.05) is 0 Å². The summed E-state index contributed by atoms with van der Waals surface area (Å²) in [6, 6.07) is 8.88. The monoisotopic (exact) mass is 370 g/mol. The van der Waals surface area contributed by atoms with Gasteiger partial charge in [0.2, 0.25) is 5.91 Å². The SMILES string of the molecule is CC(NC(=O)c1cccc([N+](=O)[O-])c1)C(=O)Nc1ccc2oc(=O)[nH]c2c1. The minimum Gasteiger partial charge on any atom is -0.408 e. The van der Waals surface area contributed by atoms with Gasteiger partial charge in [-0.2, -0.15) is 0 Å². The van der Waals surface area contributed by atoms with Gasteiger partial charge in [0.25, 0.3) is 11.6 Å². The highest BCUT2D eigenvalue weighted by Gasteiger charge is 2.18. The van der Waals surface area contributed by atoms with Crippen molar-refractivity contribution in [2.75, 3.05) is 5.32 Å². The van der Waals surface area contributed by atoms with Gasteiger partial charge in [-0.1, -0.05) is 6.07 Å². The second-order valence-electron chi connectivity index (χ2n) is 5.72. The maximum Gasteiger partial charge on any atom is 0.417 e. The summed E-state index contributed by atoms with van der Waals surface area (Å²) >= 11 is 0. The topological polar surface area (TPSA) is 147 Å². The molecule has 0 aliphatic heterocycles. The lowest BCUT2D eigenvalue weighted by Gasteiger charge is -2.14. The van der Waals surface area contributed by atoms with E-state index in [2.05, 4.69) is 15.6 Å². The van der Waals surface area contributed by atoms with Gasteiger partial charge < -0.3 is 15.1 Å². The standard InChI is InChI=1S/C17H14N4O6/c1-9(18-16(23)10-3-2-4-12(7-10)21(25)26)15(22)19-11-5-6-14-13(8-11)20-17(24)27-14/h2-9H,1H3,(H,18,23)(H,19,22)(H,20,24). The van der Waals surface area contributed by atoms with Crippen molar-refractivity contribution in [1.82, 2.24) is 10.3 Å². The molecular formula is C17H14N4O6. The van der Waals surface area contributed by atoms with E-state index >= 15 is 0 Å². The minimum absolute atomic E-state index is 0.0706. The number of benzene rings is 2. The number of nitro groups is 1. The third-order valence-corrected chi connectivity index (χ3v) is 3.75. The maximum atomic E-state index is 12.3. The highest BCUT2D eigenvalue weighted by atomic mass is 16.6. The van der Waals surface area contributed by atoms with E-state index < -0.39 is 28.5 Å². The highest BCUT2D eigenvalue weighted by molar-refractivity contribution is 6.01. The number of nitrogens with zero attached hydrogens (tertiary/aromatic N) is 1. The second kappa shape index (κ2) is 7.12. The van der Waals surface area contributed by atoms with Gasteiger partial charge in [-0.15, -0.1) is 0 Å². The molecule has 27 heavy (non-hydrogen) atoms. The van der Waals surface area contributed by atoms with Gasteiger partial charge in [0.15, 0.2) is 5.58 Å². The van der Waals surface area contributed by atoms with Gasteiger partial charge in [-0.25, -0.2) is 4.79 Å². The Hall–Kier alpha value is -3.95. The number of carbonyl (C=O) groups excluding carboxylic acids is 2. The van der Waals surface area contributed by atoms with Crippen molar-refractivity contribution < 1.29 is 18.9 Å². The average molecular weight is 370 g/mol. The summed E-state index contributed by atoms with van der Waals surface area (Å²) in [5.41, 5.74) is 1.03. The summed E-state index contributed by atoms with van der Waals surface area (Å²) in [6.07, 6.45) is 0. The lowest BCUT2D eigenvalue weighted by molar-refractivity contribution is -0.384. The summed E-state index contributed by atoms with van der Waals surface area (Å²) in [6.45, 7) is 1.48. The molecule has 0 saturated carbocycles. The minimum atomic E-state index is -0.907. The normalized spacial score (nSPS) is 11.7. The molecule has 3 N–H and O–H groups in total. The molecule has 0 aliphatic rings. The molecule has 0 bridgehead atoms. The number of non-ortho nitro benzene ring substituents is 1. The Kier molecular flexibility index (Phi) is 4.71. The maximum absolute atomic E-state index is 12.3. The Labute approximate surface area is 151 Å². The van der Waals surface area contributed by atoms with E-state index in [9.17, 15) is 24.5 Å². The molecule has 138 valence electrons. The number of H-pyrrole nitrogens is 1. The number of anilines is 1. The molecule has 0 aliphatic carbocycles.